The fourth-order valence-corrected chi connectivity index (χ4v) is 3.21. The fourth-order valence-electron chi connectivity index (χ4n) is 3.21. The van der Waals surface area contributed by atoms with Gasteiger partial charge < -0.3 is 10.6 Å². The number of benzene rings is 1. The van der Waals surface area contributed by atoms with Crippen LogP contribution in [0.5, 0.6) is 0 Å². The van der Waals surface area contributed by atoms with Crippen LogP contribution in [0.1, 0.15) is 37.7 Å². The predicted octanol–water partition coefficient (Wildman–Crippen LogP) is 2.69. The molecule has 1 unspecified atom stereocenters. The van der Waals surface area contributed by atoms with Crippen molar-refractivity contribution < 1.29 is 9.59 Å². The topological polar surface area (TPSA) is 58.2 Å². The molecule has 0 bridgehead atoms. The Kier molecular flexibility index (Phi) is 3.78. The summed E-state index contributed by atoms with van der Waals surface area (Å²) >= 11 is 0. The van der Waals surface area contributed by atoms with Crippen molar-refractivity contribution in [1.82, 2.24) is 5.32 Å². The molecule has 3 rings (SSSR count). The van der Waals surface area contributed by atoms with Gasteiger partial charge in [0.15, 0.2) is 0 Å². The lowest BCUT2D eigenvalue weighted by atomic mass is 9.88. The van der Waals surface area contributed by atoms with Crippen LogP contribution in [-0.2, 0) is 9.59 Å². The first-order chi connectivity index (χ1) is 10.1. The van der Waals surface area contributed by atoms with E-state index in [1.807, 2.05) is 31.2 Å². The third-order valence-corrected chi connectivity index (χ3v) is 4.22. The standard InChI is InChI=1S/C17H20N2O2/c1-11-5-4-6-12(9-11)18-16(20)10-14-13-7-2-3-8-15(13)19-17(14)21/h4-6,9,15H,2-3,7-8,10H2,1H3,(H,18,20)(H,19,21). The number of nitrogens with one attached hydrogen (secondary N) is 2. The van der Waals surface area contributed by atoms with Crippen molar-refractivity contribution in [3.63, 3.8) is 0 Å². The van der Waals surface area contributed by atoms with Gasteiger partial charge in [-0.25, -0.2) is 0 Å². The number of hydrogen-bond donors (Lipinski definition) is 2. The van der Waals surface area contributed by atoms with E-state index in [1.54, 1.807) is 0 Å². The minimum absolute atomic E-state index is 0.0590. The molecule has 2 amide bonds. The van der Waals surface area contributed by atoms with E-state index >= 15 is 0 Å². The summed E-state index contributed by atoms with van der Waals surface area (Å²) in [7, 11) is 0. The van der Waals surface area contributed by atoms with Gasteiger partial charge in [0.2, 0.25) is 11.8 Å². The Hall–Kier alpha value is -2.10. The Bertz CT molecular complexity index is 619. The first-order valence-corrected chi connectivity index (χ1v) is 7.53. The van der Waals surface area contributed by atoms with E-state index < -0.39 is 0 Å². The Morgan fingerprint density at radius 2 is 2.24 bits per heavy atom. The summed E-state index contributed by atoms with van der Waals surface area (Å²) in [6.07, 6.45) is 4.38. The largest absolute Gasteiger partial charge is 0.346 e. The Morgan fingerprint density at radius 3 is 3.05 bits per heavy atom. The molecule has 0 spiro atoms. The van der Waals surface area contributed by atoms with E-state index in [-0.39, 0.29) is 24.3 Å². The zero-order valence-corrected chi connectivity index (χ0v) is 12.2. The van der Waals surface area contributed by atoms with Crippen molar-refractivity contribution in [3.8, 4) is 0 Å². The second-order valence-corrected chi connectivity index (χ2v) is 5.87. The molecule has 110 valence electrons. The Morgan fingerprint density at radius 1 is 1.38 bits per heavy atom. The van der Waals surface area contributed by atoms with Crippen LogP contribution in [0.3, 0.4) is 0 Å². The van der Waals surface area contributed by atoms with Gasteiger partial charge in [-0.15, -0.1) is 0 Å². The summed E-state index contributed by atoms with van der Waals surface area (Å²) < 4.78 is 0. The number of rotatable bonds is 3. The molecule has 1 aliphatic heterocycles. The van der Waals surface area contributed by atoms with Crippen molar-refractivity contribution in [3.05, 3.63) is 41.0 Å². The number of carbonyl (C=O) groups excluding carboxylic acids is 2. The maximum absolute atomic E-state index is 12.2. The molecule has 21 heavy (non-hydrogen) atoms. The van der Waals surface area contributed by atoms with Crippen LogP contribution in [0.25, 0.3) is 0 Å². The van der Waals surface area contributed by atoms with Gasteiger partial charge >= 0.3 is 0 Å². The minimum Gasteiger partial charge on any atom is -0.346 e. The van der Waals surface area contributed by atoms with E-state index in [1.165, 1.54) is 0 Å². The smallest absolute Gasteiger partial charge is 0.248 e. The Labute approximate surface area is 124 Å². The molecule has 0 saturated heterocycles. The molecular formula is C17H20N2O2. The van der Waals surface area contributed by atoms with Crippen molar-refractivity contribution >= 4 is 17.5 Å². The highest BCUT2D eigenvalue weighted by Crippen LogP contribution is 2.32. The second kappa shape index (κ2) is 5.72. The quantitative estimate of drug-likeness (QED) is 0.896. The van der Waals surface area contributed by atoms with Crippen LogP contribution in [0, 0.1) is 6.92 Å². The predicted molar refractivity (Wildman–Crippen MR) is 81.9 cm³/mol. The van der Waals surface area contributed by atoms with Crippen molar-refractivity contribution in [2.75, 3.05) is 5.32 Å². The molecule has 1 aromatic rings. The molecule has 1 atom stereocenters. The third kappa shape index (κ3) is 2.99. The van der Waals surface area contributed by atoms with Gasteiger partial charge in [-0.3, -0.25) is 9.59 Å². The molecule has 2 N–H and O–H groups in total. The molecule has 1 fully saturated rings. The first-order valence-electron chi connectivity index (χ1n) is 7.53. The average molecular weight is 284 g/mol. The van der Waals surface area contributed by atoms with Gasteiger partial charge in [0.1, 0.15) is 0 Å². The van der Waals surface area contributed by atoms with Crippen LogP contribution in [0.4, 0.5) is 5.69 Å². The molecule has 4 nitrogen and oxygen atoms in total. The van der Waals surface area contributed by atoms with Crippen molar-refractivity contribution in [1.29, 1.82) is 0 Å². The summed E-state index contributed by atoms with van der Waals surface area (Å²) in [6.45, 7) is 1.98. The van der Waals surface area contributed by atoms with Crippen LogP contribution >= 0.6 is 0 Å². The van der Waals surface area contributed by atoms with Gasteiger partial charge in [0, 0.05) is 11.3 Å². The van der Waals surface area contributed by atoms with Crippen LogP contribution in [0.15, 0.2) is 35.4 Å². The Balaban J connectivity index is 1.71. The number of fused-ring (bicyclic) bond motifs is 1. The number of anilines is 1. The van der Waals surface area contributed by atoms with Crippen molar-refractivity contribution in [2.45, 2.75) is 45.1 Å². The van der Waals surface area contributed by atoms with E-state index in [2.05, 4.69) is 10.6 Å². The van der Waals surface area contributed by atoms with E-state index in [0.29, 0.717) is 5.57 Å². The zero-order chi connectivity index (χ0) is 14.8. The molecule has 1 aromatic carbocycles. The van der Waals surface area contributed by atoms with Gasteiger partial charge in [-0.05, 0) is 49.5 Å². The van der Waals surface area contributed by atoms with Gasteiger partial charge in [-0.2, -0.15) is 0 Å². The van der Waals surface area contributed by atoms with E-state index in [9.17, 15) is 9.59 Å². The third-order valence-electron chi connectivity index (χ3n) is 4.22. The van der Waals surface area contributed by atoms with E-state index in [0.717, 1.165) is 42.5 Å². The van der Waals surface area contributed by atoms with Gasteiger partial charge in [0.25, 0.3) is 0 Å². The number of carbonyl (C=O) groups is 2. The molecule has 1 heterocycles. The molecule has 0 radical (unpaired) electrons. The summed E-state index contributed by atoms with van der Waals surface area (Å²) in [5.74, 6) is -0.180. The SMILES string of the molecule is Cc1cccc(NC(=O)CC2=C3CCCCC3NC2=O)c1. The average Bonchev–Trinajstić information content (AvgIpc) is 2.75. The summed E-state index contributed by atoms with van der Waals surface area (Å²) in [6, 6.07) is 7.85. The maximum Gasteiger partial charge on any atom is 0.248 e. The number of aryl methyl sites for hydroxylation is 1. The lowest BCUT2D eigenvalue weighted by Crippen LogP contribution is -2.30. The molecule has 1 saturated carbocycles. The monoisotopic (exact) mass is 284 g/mol. The molecular weight excluding hydrogens is 264 g/mol. The lowest BCUT2D eigenvalue weighted by Gasteiger charge is -2.20. The summed E-state index contributed by atoms with van der Waals surface area (Å²) in [5, 5.41) is 5.86. The van der Waals surface area contributed by atoms with Gasteiger partial charge in [0.05, 0.1) is 12.5 Å². The van der Waals surface area contributed by atoms with Crippen LogP contribution in [0.2, 0.25) is 0 Å². The summed E-state index contributed by atoms with van der Waals surface area (Å²) in [4.78, 5) is 24.2. The molecule has 4 heteroatoms. The molecule has 0 aromatic heterocycles. The first kappa shape index (κ1) is 13.9. The number of amides is 2. The highest BCUT2D eigenvalue weighted by Gasteiger charge is 2.33. The molecule has 1 aliphatic carbocycles. The van der Waals surface area contributed by atoms with Gasteiger partial charge in [-0.1, -0.05) is 18.6 Å². The van der Waals surface area contributed by atoms with E-state index in [4.69, 9.17) is 0 Å². The molecule has 2 aliphatic rings. The lowest BCUT2D eigenvalue weighted by molar-refractivity contribution is -0.120. The van der Waals surface area contributed by atoms with Crippen LogP contribution in [-0.4, -0.2) is 17.9 Å². The fraction of sp³-hybridized carbons (Fsp3) is 0.412. The number of hydrogen-bond acceptors (Lipinski definition) is 2. The van der Waals surface area contributed by atoms with Crippen LogP contribution < -0.4 is 10.6 Å². The highest BCUT2D eigenvalue weighted by molar-refractivity contribution is 6.04. The normalized spacial score (nSPS) is 21.0. The highest BCUT2D eigenvalue weighted by atomic mass is 16.2. The minimum atomic E-state index is -0.121. The zero-order valence-electron chi connectivity index (χ0n) is 12.2. The van der Waals surface area contributed by atoms with Crippen molar-refractivity contribution in [2.24, 2.45) is 0 Å². The summed E-state index contributed by atoms with van der Waals surface area (Å²) in [5.41, 5.74) is 3.72. The maximum atomic E-state index is 12.2. The second-order valence-electron chi connectivity index (χ2n) is 5.87.